The molecule has 1 heterocycles. The summed E-state index contributed by atoms with van der Waals surface area (Å²) in [4.78, 5) is 0.167. The van der Waals surface area contributed by atoms with Gasteiger partial charge in [-0.1, -0.05) is 38.1 Å². The molecular formula is C20H21N5O2S. The lowest BCUT2D eigenvalue weighted by Crippen LogP contribution is -2.15. The highest BCUT2D eigenvalue weighted by Crippen LogP contribution is 2.27. The molecule has 3 aromatic rings. The Kier molecular flexibility index (Phi) is 5.38. The number of nitrogen functional groups attached to an aromatic ring is 1. The monoisotopic (exact) mass is 395 g/mol. The lowest BCUT2D eigenvalue weighted by atomic mass is 9.99. The van der Waals surface area contributed by atoms with Gasteiger partial charge in [0.25, 0.3) is 10.0 Å². The van der Waals surface area contributed by atoms with Gasteiger partial charge < -0.3 is 5.73 Å². The molecule has 3 N–H and O–H groups in total. The number of benzene rings is 2. The van der Waals surface area contributed by atoms with Crippen molar-refractivity contribution in [3.05, 3.63) is 65.9 Å². The van der Waals surface area contributed by atoms with E-state index in [0.29, 0.717) is 17.3 Å². The van der Waals surface area contributed by atoms with Gasteiger partial charge in [0, 0.05) is 0 Å². The summed E-state index contributed by atoms with van der Waals surface area (Å²) in [5.74, 6) is 0.509. The second-order valence-electron chi connectivity index (χ2n) is 6.47. The van der Waals surface area contributed by atoms with Crippen LogP contribution >= 0.6 is 0 Å². The van der Waals surface area contributed by atoms with Crippen LogP contribution in [0.4, 0.5) is 11.5 Å². The number of hydrogen-bond donors (Lipinski definition) is 2. The SMILES string of the molecule is CCC(C)c1ccc(S(=O)(=O)Nc2ccccc2-n2ncc(C#N)c2N)cc1. The number of nitrogens with zero attached hydrogens (tertiary/aromatic N) is 3. The van der Waals surface area contributed by atoms with Crippen LogP contribution in [0, 0.1) is 11.3 Å². The maximum atomic E-state index is 12.9. The summed E-state index contributed by atoms with van der Waals surface area (Å²) in [6, 6.07) is 15.6. The van der Waals surface area contributed by atoms with Crippen LogP contribution in [-0.4, -0.2) is 18.2 Å². The molecule has 0 saturated heterocycles. The fraction of sp³-hybridized carbons (Fsp3) is 0.200. The molecule has 0 radical (unpaired) electrons. The maximum absolute atomic E-state index is 12.9. The topological polar surface area (TPSA) is 114 Å². The summed E-state index contributed by atoms with van der Waals surface area (Å²) in [5, 5.41) is 13.2. The molecule has 7 nitrogen and oxygen atoms in total. The highest BCUT2D eigenvalue weighted by atomic mass is 32.2. The maximum Gasteiger partial charge on any atom is 0.261 e. The number of nitriles is 1. The van der Waals surface area contributed by atoms with E-state index in [1.54, 1.807) is 36.4 Å². The first kappa shape index (κ1) is 19.5. The number of anilines is 2. The minimum Gasteiger partial charge on any atom is -0.382 e. The summed E-state index contributed by atoms with van der Waals surface area (Å²) in [5.41, 5.74) is 8.01. The van der Waals surface area contributed by atoms with Crippen molar-refractivity contribution in [3.63, 3.8) is 0 Å². The van der Waals surface area contributed by atoms with E-state index < -0.39 is 10.0 Å². The first-order valence-electron chi connectivity index (χ1n) is 8.83. The molecule has 1 unspecified atom stereocenters. The first-order chi connectivity index (χ1) is 13.4. The number of nitrogens with two attached hydrogens (primary N) is 1. The lowest BCUT2D eigenvalue weighted by Gasteiger charge is -2.14. The molecule has 0 spiro atoms. The predicted octanol–water partition coefficient (Wildman–Crippen LogP) is 3.64. The molecule has 0 saturated carbocycles. The molecule has 0 aliphatic carbocycles. The normalized spacial score (nSPS) is 12.3. The third kappa shape index (κ3) is 3.70. The Morgan fingerprint density at radius 3 is 2.50 bits per heavy atom. The Labute approximate surface area is 164 Å². The molecule has 0 aliphatic rings. The second kappa shape index (κ2) is 7.74. The Balaban J connectivity index is 1.95. The van der Waals surface area contributed by atoms with E-state index >= 15 is 0 Å². The minimum absolute atomic E-state index is 0.145. The van der Waals surface area contributed by atoms with Crippen molar-refractivity contribution in [2.75, 3.05) is 10.5 Å². The Morgan fingerprint density at radius 2 is 1.89 bits per heavy atom. The van der Waals surface area contributed by atoms with Gasteiger partial charge in [-0.05, 0) is 42.2 Å². The van der Waals surface area contributed by atoms with Crippen LogP contribution in [-0.2, 0) is 10.0 Å². The van der Waals surface area contributed by atoms with Crippen LogP contribution in [0.5, 0.6) is 0 Å². The van der Waals surface area contributed by atoms with Crippen molar-refractivity contribution in [3.8, 4) is 11.8 Å². The number of rotatable bonds is 6. The molecule has 144 valence electrons. The number of nitrogens with one attached hydrogen (secondary N) is 1. The van der Waals surface area contributed by atoms with Crippen LogP contribution in [0.1, 0.15) is 37.3 Å². The van der Waals surface area contributed by atoms with Gasteiger partial charge in [-0.15, -0.1) is 0 Å². The fourth-order valence-corrected chi connectivity index (χ4v) is 3.87. The summed E-state index contributed by atoms with van der Waals surface area (Å²) >= 11 is 0. The van der Waals surface area contributed by atoms with E-state index in [1.807, 2.05) is 18.2 Å². The molecule has 8 heteroatoms. The van der Waals surface area contributed by atoms with E-state index in [0.717, 1.165) is 12.0 Å². The fourth-order valence-electron chi connectivity index (χ4n) is 2.80. The van der Waals surface area contributed by atoms with E-state index in [9.17, 15) is 8.42 Å². The van der Waals surface area contributed by atoms with Gasteiger partial charge in [0.05, 0.1) is 22.5 Å². The minimum atomic E-state index is -3.80. The average molecular weight is 395 g/mol. The zero-order valence-electron chi connectivity index (χ0n) is 15.6. The van der Waals surface area contributed by atoms with Gasteiger partial charge in [-0.2, -0.15) is 10.4 Å². The average Bonchev–Trinajstić information content (AvgIpc) is 3.08. The molecule has 3 rings (SSSR count). The molecule has 1 atom stereocenters. The Hall–Kier alpha value is -3.31. The van der Waals surface area contributed by atoms with E-state index in [1.165, 1.54) is 10.9 Å². The van der Waals surface area contributed by atoms with Gasteiger partial charge in [0.1, 0.15) is 17.5 Å². The van der Waals surface area contributed by atoms with Crippen molar-refractivity contribution < 1.29 is 8.42 Å². The van der Waals surface area contributed by atoms with E-state index in [4.69, 9.17) is 11.0 Å². The summed E-state index contributed by atoms with van der Waals surface area (Å²) in [6.45, 7) is 4.19. The number of aromatic nitrogens is 2. The molecule has 1 aromatic heterocycles. The largest absolute Gasteiger partial charge is 0.382 e. The quantitative estimate of drug-likeness (QED) is 0.661. The van der Waals surface area contributed by atoms with Gasteiger partial charge in [0.2, 0.25) is 0 Å². The van der Waals surface area contributed by atoms with Gasteiger partial charge >= 0.3 is 0 Å². The van der Waals surface area contributed by atoms with Crippen molar-refractivity contribution in [2.45, 2.75) is 31.1 Å². The molecular weight excluding hydrogens is 374 g/mol. The zero-order chi connectivity index (χ0) is 20.3. The smallest absolute Gasteiger partial charge is 0.261 e. The Morgan fingerprint density at radius 1 is 1.21 bits per heavy atom. The predicted molar refractivity (Wildman–Crippen MR) is 109 cm³/mol. The number of para-hydroxylation sites is 2. The summed E-state index contributed by atoms with van der Waals surface area (Å²) < 4.78 is 29.6. The van der Waals surface area contributed by atoms with Gasteiger partial charge in [-0.3, -0.25) is 4.72 Å². The third-order valence-corrected chi connectivity index (χ3v) is 6.06. The highest BCUT2D eigenvalue weighted by molar-refractivity contribution is 7.92. The number of hydrogen-bond acceptors (Lipinski definition) is 5. The molecule has 0 aliphatic heterocycles. The van der Waals surface area contributed by atoms with Crippen LogP contribution in [0.2, 0.25) is 0 Å². The van der Waals surface area contributed by atoms with Crippen LogP contribution in [0.3, 0.4) is 0 Å². The van der Waals surface area contributed by atoms with Crippen molar-refractivity contribution in [1.82, 2.24) is 9.78 Å². The van der Waals surface area contributed by atoms with Crippen molar-refractivity contribution in [2.24, 2.45) is 0 Å². The molecule has 2 aromatic carbocycles. The lowest BCUT2D eigenvalue weighted by molar-refractivity contribution is 0.601. The van der Waals surface area contributed by atoms with Gasteiger partial charge in [-0.25, -0.2) is 13.1 Å². The van der Waals surface area contributed by atoms with Crippen LogP contribution in [0.15, 0.2) is 59.6 Å². The first-order valence-corrected chi connectivity index (χ1v) is 10.3. The van der Waals surface area contributed by atoms with Gasteiger partial charge in [0.15, 0.2) is 0 Å². The second-order valence-corrected chi connectivity index (χ2v) is 8.15. The molecule has 0 fully saturated rings. The molecule has 28 heavy (non-hydrogen) atoms. The van der Waals surface area contributed by atoms with Crippen molar-refractivity contribution in [1.29, 1.82) is 5.26 Å². The zero-order valence-corrected chi connectivity index (χ0v) is 16.4. The summed E-state index contributed by atoms with van der Waals surface area (Å²) in [7, 11) is -3.80. The standard InChI is InChI=1S/C20H21N5O2S/c1-3-14(2)15-8-10-17(11-9-15)28(26,27)24-18-6-4-5-7-19(18)25-20(22)16(12-21)13-23-25/h4-11,13-14,24H,3,22H2,1-2H3. The molecule has 0 bridgehead atoms. The van der Waals surface area contributed by atoms with Crippen molar-refractivity contribution >= 4 is 21.5 Å². The highest BCUT2D eigenvalue weighted by Gasteiger charge is 2.19. The number of sulfonamides is 1. The molecule has 0 amide bonds. The third-order valence-electron chi connectivity index (χ3n) is 4.68. The Bertz CT molecular complexity index is 1130. The van der Waals surface area contributed by atoms with E-state index in [-0.39, 0.29) is 16.3 Å². The van der Waals surface area contributed by atoms with Crippen LogP contribution < -0.4 is 10.5 Å². The van der Waals surface area contributed by atoms with E-state index in [2.05, 4.69) is 23.7 Å². The van der Waals surface area contributed by atoms with Crippen LogP contribution in [0.25, 0.3) is 5.69 Å². The summed E-state index contributed by atoms with van der Waals surface area (Å²) in [6.07, 6.45) is 2.32.